The zero-order valence-corrected chi connectivity index (χ0v) is 11.3. The van der Waals surface area contributed by atoms with Crippen LogP contribution in [0.5, 0.6) is 0 Å². The molecule has 3 nitrogen and oxygen atoms in total. The quantitative estimate of drug-likeness (QED) is 0.816. The van der Waals surface area contributed by atoms with Gasteiger partial charge in [0.05, 0.1) is 10.4 Å². The maximum absolute atomic E-state index is 12.2. The van der Waals surface area contributed by atoms with Crippen LogP contribution in [0, 0.1) is 11.3 Å². The van der Waals surface area contributed by atoms with Crippen LogP contribution in [0.2, 0.25) is 0 Å². The molecule has 0 aromatic heterocycles. The van der Waals surface area contributed by atoms with E-state index in [1.165, 1.54) is 0 Å². The Morgan fingerprint density at radius 1 is 1.44 bits per heavy atom. The minimum atomic E-state index is -0.608. The normalized spacial score (nSPS) is 26.2. The monoisotopic (exact) mass is 262 g/mol. The van der Waals surface area contributed by atoms with E-state index in [0.717, 1.165) is 18.4 Å². The summed E-state index contributed by atoms with van der Waals surface area (Å²) in [4.78, 5) is 12.6. The van der Waals surface area contributed by atoms with Crippen molar-refractivity contribution in [1.82, 2.24) is 5.32 Å². The van der Waals surface area contributed by atoms with Crippen LogP contribution in [-0.2, 0) is 11.3 Å². The van der Waals surface area contributed by atoms with E-state index in [2.05, 4.69) is 12.2 Å². The Hall–Kier alpha value is -1.42. The molecule has 0 heterocycles. The second kappa shape index (κ2) is 5.06. The Labute approximate surface area is 113 Å². The third-order valence-corrected chi connectivity index (χ3v) is 3.99. The molecule has 1 aliphatic carbocycles. The molecule has 0 aliphatic heterocycles. The number of nitrogens with one attached hydrogen (secondary N) is 1. The van der Waals surface area contributed by atoms with E-state index < -0.39 is 5.41 Å². The summed E-state index contributed by atoms with van der Waals surface area (Å²) in [7, 11) is 0. The number of hydrogen-bond acceptors (Lipinski definition) is 2. The zero-order chi connectivity index (χ0) is 13.2. The average molecular weight is 262 g/mol. The van der Waals surface area contributed by atoms with E-state index in [4.69, 9.17) is 18.0 Å². The van der Waals surface area contributed by atoms with Crippen molar-refractivity contribution >= 4 is 23.1 Å². The summed E-state index contributed by atoms with van der Waals surface area (Å²) >= 11 is 5.06. The van der Waals surface area contributed by atoms with E-state index >= 15 is 0 Å². The topological polar surface area (TPSA) is 55.1 Å². The lowest BCUT2D eigenvalue weighted by molar-refractivity contribution is -0.133. The number of carbonyl (C=O) groups excluding carboxylic acids is 1. The minimum absolute atomic E-state index is 0.0306. The van der Waals surface area contributed by atoms with Gasteiger partial charge in [-0.15, -0.1) is 0 Å². The van der Waals surface area contributed by atoms with Crippen molar-refractivity contribution in [3.63, 3.8) is 0 Å². The lowest BCUT2D eigenvalue weighted by Gasteiger charge is -2.44. The van der Waals surface area contributed by atoms with Gasteiger partial charge >= 0.3 is 0 Å². The molecule has 18 heavy (non-hydrogen) atoms. The SMILES string of the molecule is CC1CC(C(=O)NCc2ccccc2)(C(N)=S)C1. The predicted octanol–water partition coefficient (Wildman–Crippen LogP) is 2.01. The summed E-state index contributed by atoms with van der Waals surface area (Å²) in [5.41, 5.74) is 6.21. The number of rotatable bonds is 4. The molecule has 0 unspecified atom stereocenters. The molecular weight excluding hydrogens is 244 g/mol. The Morgan fingerprint density at radius 2 is 2.06 bits per heavy atom. The van der Waals surface area contributed by atoms with E-state index in [9.17, 15) is 4.79 Å². The molecule has 1 amide bonds. The molecule has 2 rings (SSSR count). The highest BCUT2D eigenvalue weighted by molar-refractivity contribution is 7.80. The van der Waals surface area contributed by atoms with Crippen molar-refractivity contribution < 1.29 is 4.79 Å². The first-order chi connectivity index (χ1) is 8.54. The molecule has 1 aromatic rings. The number of carbonyl (C=O) groups is 1. The lowest BCUT2D eigenvalue weighted by Crippen LogP contribution is -2.55. The van der Waals surface area contributed by atoms with Crippen LogP contribution in [0.15, 0.2) is 30.3 Å². The van der Waals surface area contributed by atoms with Gasteiger partial charge < -0.3 is 11.1 Å². The van der Waals surface area contributed by atoms with Crippen molar-refractivity contribution in [2.45, 2.75) is 26.3 Å². The van der Waals surface area contributed by atoms with Crippen LogP contribution >= 0.6 is 12.2 Å². The smallest absolute Gasteiger partial charge is 0.233 e. The molecule has 4 heteroatoms. The van der Waals surface area contributed by atoms with Crippen LogP contribution in [0.1, 0.15) is 25.3 Å². The number of benzene rings is 1. The third kappa shape index (κ3) is 2.38. The molecule has 1 saturated carbocycles. The summed E-state index contributed by atoms with van der Waals surface area (Å²) < 4.78 is 0. The highest BCUT2D eigenvalue weighted by Gasteiger charge is 2.50. The molecule has 0 radical (unpaired) electrons. The van der Waals surface area contributed by atoms with Gasteiger partial charge in [0.1, 0.15) is 0 Å². The van der Waals surface area contributed by atoms with E-state index in [0.29, 0.717) is 17.5 Å². The summed E-state index contributed by atoms with van der Waals surface area (Å²) in [5.74, 6) is 0.492. The van der Waals surface area contributed by atoms with Crippen LogP contribution in [0.4, 0.5) is 0 Å². The van der Waals surface area contributed by atoms with E-state index in [-0.39, 0.29) is 5.91 Å². The molecule has 96 valence electrons. The van der Waals surface area contributed by atoms with Gasteiger partial charge in [0, 0.05) is 6.54 Å². The zero-order valence-electron chi connectivity index (χ0n) is 10.5. The molecular formula is C14H18N2OS. The van der Waals surface area contributed by atoms with Crippen LogP contribution in [-0.4, -0.2) is 10.9 Å². The maximum Gasteiger partial charge on any atom is 0.233 e. The van der Waals surface area contributed by atoms with Gasteiger partial charge in [-0.1, -0.05) is 49.5 Å². The highest BCUT2D eigenvalue weighted by atomic mass is 32.1. The second-order valence-electron chi connectivity index (χ2n) is 5.13. The average Bonchev–Trinajstić information content (AvgIpc) is 2.32. The van der Waals surface area contributed by atoms with Crippen molar-refractivity contribution in [3.8, 4) is 0 Å². The van der Waals surface area contributed by atoms with Crippen molar-refractivity contribution in [1.29, 1.82) is 0 Å². The van der Waals surface area contributed by atoms with Crippen LogP contribution < -0.4 is 11.1 Å². The van der Waals surface area contributed by atoms with Gasteiger partial charge in [0.2, 0.25) is 5.91 Å². The second-order valence-corrected chi connectivity index (χ2v) is 5.57. The fourth-order valence-corrected chi connectivity index (χ4v) is 2.84. The van der Waals surface area contributed by atoms with Gasteiger partial charge in [0.15, 0.2) is 0 Å². The number of thiocarbonyl (C=S) groups is 1. The standard InChI is InChI=1S/C14H18N2OS/c1-10-7-14(8-10,12(15)18)13(17)16-9-11-5-3-2-4-6-11/h2-6,10H,7-9H2,1H3,(H2,15,18)(H,16,17). The molecule has 3 N–H and O–H groups in total. The van der Waals surface area contributed by atoms with Gasteiger partial charge in [-0.3, -0.25) is 4.79 Å². The Morgan fingerprint density at radius 3 is 2.56 bits per heavy atom. The Kier molecular flexibility index (Phi) is 3.66. The largest absolute Gasteiger partial charge is 0.392 e. The summed E-state index contributed by atoms with van der Waals surface area (Å²) in [6.45, 7) is 2.64. The van der Waals surface area contributed by atoms with Crippen LogP contribution in [0.3, 0.4) is 0 Å². The lowest BCUT2D eigenvalue weighted by atomic mass is 9.62. The van der Waals surface area contributed by atoms with Gasteiger partial charge in [-0.2, -0.15) is 0 Å². The summed E-state index contributed by atoms with van der Waals surface area (Å²) in [6, 6.07) is 9.83. The molecule has 0 spiro atoms. The molecule has 0 bridgehead atoms. The Balaban J connectivity index is 1.97. The van der Waals surface area contributed by atoms with E-state index in [1.807, 2.05) is 30.3 Å². The summed E-state index contributed by atoms with van der Waals surface area (Å²) in [6.07, 6.45) is 1.53. The van der Waals surface area contributed by atoms with Crippen molar-refractivity contribution in [3.05, 3.63) is 35.9 Å². The van der Waals surface area contributed by atoms with Gasteiger partial charge in [-0.05, 0) is 24.3 Å². The fourth-order valence-electron chi connectivity index (χ4n) is 2.58. The third-order valence-electron chi connectivity index (χ3n) is 3.60. The molecule has 0 atom stereocenters. The molecule has 1 aliphatic rings. The van der Waals surface area contributed by atoms with Crippen molar-refractivity contribution in [2.24, 2.45) is 17.1 Å². The fraction of sp³-hybridized carbons (Fsp3) is 0.429. The molecule has 0 saturated heterocycles. The summed E-state index contributed by atoms with van der Waals surface area (Å²) in [5, 5.41) is 2.94. The van der Waals surface area contributed by atoms with E-state index in [1.54, 1.807) is 0 Å². The minimum Gasteiger partial charge on any atom is -0.392 e. The number of nitrogens with two attached hydrogens (primary N) is 1. The number of hydrogen-bond donors (Lipinski definition) is 2. The maximum atomic E-state index is 12.2. The molecule has 1 fully saturated rings. The first-order valence-corrected chi connectivity index (χ1v) is 6.57. The number of amides is 1. The predicted molar refractivity (Wildman–Crippen MR) is 75.9 cm³/mol. The first-order valence-electron chi connectivity index (χ1n) is 6.17. The van der Waals surface area contributed by atoms with Gasteiger partial charge in [0.25, 0.3) is 0 Å². The van der Waals surface area contributed by atoms with Gasteiger partial charge in [-0.25, -0.2) is 0 Å². The van der Waals surface area contributed by atoms with Crippen molar-refractivity contribution in [2.75, 3.05) is 0 Å². The van der Waals surface area contributed by atoms with Crippen LogP contribution in [0.25, 0.3) is 0 Å². The Bertz CT molecular complexity index is 452. The highest BCUT2D eigenvalue weighted by Crippen LogP contribution is 2.45. The molecule has 1 aromatic carbocycles. The first kappa shape index (κ1) is 13.0.